The molecule has 0 atom stereocenters. The monoisotopic (exact) mass is 316 g/mol. The third-order valence-corrected chi connectivity index (χ3v) is 4.30. The molecule has 1 aromatic carbocycles. The van der Waals surface area contributed by atoms with Crippen LogP contribution < -0.4 is 10.3 Å². The molecule has 1 aliphatic rings. The van der Waals surface area contributed by atoms with Crippen molar-refractivity contribution in [3.8, 4) is 0 Å². The second kappa shape index (κ2) is 5.20. The Morgan fingerprint density at radius 2 is 1.88 bits per heavy atom. The molecule has 0 heterocycles. The molecule has 0 fully saturated rings. The summed E-state index contributed by atoms with van der Waals surface area (Å²) in [6.45, 7) is 0. The van der Waals surface area contributed by atoms with Crippen molar-refractivity contribution in [1.29, 1.82) is 0 Å². The third-order valence-electron chi connectivity index (χ3n) is 2.51. The van der Waals surface area contributed by atoms with Crippen LogP contribution in [-0.2, 0) is 10.0 Å². The van der Waals surface area contributed by atoms with Gasteiger partial charge in [0, 0.05) is 10.2 Å². The van der Waals surface area contributed by atoms with E-state index in [4.69, 9.17) is 0 Å². The molecule has 0 radical (unpaired) electrons. The Morgan fingerprint density at radius 1 is 1.18 bits per heavy atom. The van der Waals surface area contributed by atoms with E-state index >= 15 is 0 Å². The number of hydrogen-bond donors (Lipinski definition) is 2. The van der Waals surface area contributed by atoms with Crippen LogP contribution >= 0.6 is 15.9 Å². The summed E-state index contributed by atoms with van der Waals surface area (Å²) in [6.07, 6.45) is 4.97. The maximum Gasteiger partial charge on any atom is 0.257 e. The minimum atomic E-state index is -3.49. The lowest BCUT2D eigenvalue weighted by molar-refractivity contribution is 0.568. The van der Waals surface area contributed by atoms with Crippen molar-refractivity contribution >= 4 is 26.0 Å². The molecule has 1 aromatic rings. The SMILES string of the molecule is O=S(=O)(NNC1=CCCC1)c1ccc(Br)cc1. The largest absolute Gasteiger partial charge is 0.312 e. The van der Waals surface area contributed by atoms with Crippen molar-refractivity contribution in [2.45, 2.75) is 24.2 Å². The Labute approximate surface area is 109 Å². The van der Waals surface area contributed by atoms with Crippen LogP contribution in [0.3, 0.4) is 0 Å². The Balaban J connectivity index is 2.05. The first-order valence-corrected chi connectivity index (χ1v) is 7.58. The number of allylic oxidation sites excluding steroid dienone is 2. The van der Waals surface area contributed by atoms with Gasteiger partial charge in [-0.05, 0) is 43.5 Å². The van der Waals surface area contributed by atoms with Crippen LogP contribution in [0.25, 0.3) is 0 Å². The van der Waals surface area contributed by atoms with Crippen molar-refractivity contribution in [3.63, 3.8) is 0 Å². The highest BCUT2D eigenvalue weighted by Gasteiger charge is 2.14. The lowest BCUT2D eigenvalue weighted by atomic mass is 10.3. The number of nitrogens with one attached hydrogen (secondary N) is 2. The van der Waals surface area contributed by atoms with Crippen LogP contribution in [0.5, 0.6) is 0 Å². The van der Waals surface area contributed by atoms with E-state index in [0.29, 0.717) is 0 Å². The van der Waals surface area contributed by atoms with Gasteiger partial charge in [-0.1, -0.05) is 22.0 Å². The highest BCUT2D eigenvalue weighted by Crippen LogP contribution is 2.16. The molecule has 0 unspecified atom stereocenters. The van der Waals surface area contributed by atoms with Crippen LogP contribution in [-0.4, -0.2) is 8.42 Å². The van der Waals surface area contributed by atoms with Gasteiger partial charge in [-0.2, -0.15) is 0 Å². The van der Waals surface area contributed by atoms with Crippen molar-refractivity contribution < 1.29 is 8.42 Å². The molecule has 0 aromatic heterocycles. The fourth-order valence-electron chi connectivity index (χ4n) is 1.59. The Hall–Kier alpha value is -0.850. The number of hydrogen-bond acceptors (Lipinski definition) is 3. The normalized spacial score (nSPS) is 15.7. The smallest absolute Gasteiger partial charge is 0.257 e. The second-order valence-corrected chi connectivity index (χ2v) is 6.40. The summed E-state index contributed by atoms with van der Waals surface area (Å²) in [6, 6.07) is 6.50. The summed E-state index contributed by atoms with van der Waals surface area (Å²) < 4.78 is 24.6. The van der Waals surface area contributed by atoms with E-state index in [-0.39, 0.29) is 4.90 Å². The fourth-order valence-corrected chi connectivity index (χ4v) is 2.73. The quantitative estimate of drug-likeness (QED) is 0.838. The number of rotatable bonds is 4. The molecular formula is C11H13BrN2O2S. The first-order chi connectivity index (χ1) is 8.08. The van der Waals surface area contributed by atoms with E-state index in [1.807, 2.05) is 6.08 Å². The second-order valence-electron chi connectivity index (χ2n) is 3.81. The number of benzene rings is 1. The maximum absolute atomic E-state index is 11.9. The van der Waals surface area contributed by atoms with Crippen molar-refractivity contribution in [2.75, 3.05) is 0 Å². The molecule has 0 saturated carbocycles. The van der Waals surface area contributed by atoms with E-state index in [2.05, 4.69) is 26.2 Å². The molecule has 0 saturated heterocycles. The standard InChI is InChI=1S/C11H13BrN2O2S/c12-9-5-7-11(8-6-9)17(15,16)14-13-10-3-1-2-4-10/h3,5-8,13-14H,1-2,4H2. The van der Waals surface area contributed by atoms with Gasteiger partial charge >= 0.3 is 0 Å². The van der Waals surface area contributed by atoms with Gasteiger partial charge in [-0.3, -0.25) is 0 Å². The summed E-state index contributed by atoms with van der Waals surface area (Å²) in [5.74, 6) is 0. The van der Waals surface area contributed by atoms with Gasteiger partial charge in [0.25, 0.3) is 10.0 Å². The van der Waals surface area contributed by atoms with Crippen molar-refractivity contribution in [2.24, 2.45) is 0 Å². The van der Waals surface area contributed by atoms with Gasteiger partial charge in [0.1, 0.15) is 0 Å². The molecule has 6 heteroatoms. The van der Waals surface area contributed by atoms with Crippen LogP contribution in [0.15, 0.2) is 45.4 Å². The molecule has 17 heavy (non-hydrogen) atoms. The molecule has 2 rings (SSSR count). The molecule has 0 amide bonds. The van der Waals surface area contributed by atoms with Crippen LogP contribution in [0, 0.1) is 0 Å². The third kappa shape index (κ3) is 3.31. The zero-order valence-electron chi connectivity index (χ0n) is 9.11. The van der Waals surface area contributed by atoms with Gasteiger partial charge < -0.3 is 5.43 Å². The van der Waals surface area contributed by atoms with Crippen LogP contribution in [0.1, 0.15) is 19.3 Å². The molecule has 1 aliphatic carbocycles. The molecule has 2 N–H and O–H groups in total. The molecular weight excluding hydrogens is 304 g/mol. The zero-order chi connectivity index (χ0) is 12.3. The summed E-state index contributed by atoms with van der Waals surface area (Å²) in [4.78, 5) is 2.62. The Kier molecular flexibility index (Phi) is 3.86. The fraction of sp³-hybridized carbons (Fsp3) is 0.273. The highest BCUT2D eigenvalue weighted by atomic mass is 79.9. The topological polar surface area (TPSA) is 58.2 Å². The molecule has 0 bridgehead atoms. The average Bonchev–Trinajstić information content (AvgIpc) is 2.80. The summed E-state index contributed by atoms with van der Waals surface area (Å²) in [7, 11) is -3.49. The van der Waals surface area contributed by atoms with Gasteiger partial charge in [0.15, 0.2) is 0 Å². The lowest BCUT2D eigenvalue weighted by Gasteiger charge is -2.09. The maximum atomic E-state index is 11.9. The minimum Gasteiger partial charge on any atom is -0.312 e. The highest BCUT2D eigenvalue weighted by molar-refractivity contribution is 9.10. The van der Waals surface area contributed by atoms with Crippen LogP contribution in [0.4, 0.5) is 0 Å². The number of hydrazine groups is 1. The van der Waals surface area contributed by atoms with Gasteiger partial charge in [0.2, 0.25) is 0 Å². The minimum absolute atomic E-state index is 0.242. The first-order valence-electron chi connectivity index (χ1n) is 5.30. The van der Waals surface area contributed by atoms with Gasteiger partial charge in [0.05, 0.1) is 4.90 Å². The molecule has 0 spiro atoms. The first kappa shape index (κ1) is 12.6. The summed E-state index contributed by atoms with van der Waals surface area (Å²) in [5, 5.41) is 0. The average molecular weight is 317 g/mol. The predicted molar refractivity (Wildman–Crippen MR) is 69.5 cm³/mol. The van der Waals surface area contributed by atoms with E-state index in [0.717, 1.165) is 29.4 Å². The van der Waals surface area contributed by atoms with E-state index in [1.54, 1.807) is 24.3 Å². The van der Waals surface area contributed by atoms with Gasteiger partial charge in [-0.25, -0.2) is 8.42 Å². The van der Waals surface area contributed by atoms with E-state index in [9.17, 15) is 8.42 Å². The van der Waals surface area contributed by atoms with E-state index in [1.165, 1.54) is 0 Å². The zero-order valence-corrected chi connectivity index (χ0v) is 11.5. The Morgan fingerprint density at radius 3 is 2.47 bits per heavy atom. The Bertz CT molecular complexity index is 523. The lowest BCUT2D eigenvalue weighted by Crippen LogP contribution is -2.36. The molecule has 92 valence electrons. The van der Waals surface area contributed by atoms with Crippen LogP contribution in [0.2, 0.25) is 0 Å². The summed E-state index contributed by atoms with van der Waals surface area (Å²) in [5.41, 5.74) is 3.68. The number of sulfonamides is 1. The summed E-state index contributed by atoms with van der Waals surface area (Å²) >= 11 is 3.27. The number of halogens is 1. The molecule has 4 nitrogen and oxygen atoms in total. The van der Waals surface area contributed by atoms with E-state index < -0.39 is 10.0 Å². The van der Waals surface area contributed by atoms with Gasteiger partial charge in [-0.15, -0.1) is 4.83 Å². The predicted octanol–water partition coefficient (Wildman–Crippen LogP) is 2.30. The molecule has 0 aliphatic heterocycles. The van der Waals surface area contributed by atoms with Crippen molar-refractivity contribution in [1.82, 2.24) is 10.3 Å². The van der Waals surface area contributed by atoms with Crippen molar-refractivity contribution in [3.05, 3.63) is 40.5 Å².